The summed E-state index contributed by atoms with van der Waals surface area (Å²) in [5.74, 6) is 2.11. The molecule has 10 heteroatoms. The molecule has 0 amide bonds. The summed E-state index contributed by atoms with van der Waals surface area (Å²) in [5.41, 5.74) is 2.76. The lowest BCUT2D eigenvalue weighted by Gasteiger charge is -2.08. The molecule has 136 valence electrons. The lowest BCUT2D eigenvalue weighted by Crippen LogP contribution is -2.04. The van der Waals surface area contributed by atoms with Gasteiger partial charge in [0, 0.05) is 28.5 Å². The minimum Gasteiger partial charge on any atom is -0.492 e. The van der Waals surface area contributed by atoms with Crippen molar-refractivity contribution in [2.45, 2.75) is 26.3 Å². The van der Waals surface area contributed by atoms with E-state index in [0.29, 0.717) is 12.4 Å². The Bertz CT molecular complexity index is 1100. The van der Waals surface area contributed by atoms with Crippen molar-refractivity contribution in [1.29, 1.82) is 0 Å². The molecule has 1 aliphatic heterocycles. The first kappa shape index (κ1) is 16.1. The molecule has 5 rings (SSSR count). The van der Waals surface area contributed by atoms with Gasteiger partial charge in [0.2, 0.25) is 5.82 Å². The quantitative estimate of drug-likeness (QED) is 0.582. The molecule has 4 heterocycles. The molecule has 0 saturated heterocycles. The fourth-order valence-electron chi connectivity index (χ4n) is 3.12. The van der Waals surface area contributed by atoms with Crippen molar-refractivity contribution >= 4 is 11.3 Å². The Hall–Kier alpha value is -3.14. The molecule has 0 saturated carbocycles. The molecule has 9 nitrogen and oxygen atoms in total. The monoisotopic (exact) mass is 380 g/mol. The van der Waals surface area contributed by atoms with Crippen LogP contribution in [0.1, 0.15) is 24.8 Å². The molecule has 0 unspecified atom stereocenters. The Morgan fingerprint density at radius 1 is 1.30 bits per heavy atom. The highest BCUT2D eigenvalue weighted by Crippen LogP contribution is 2.41. The first-order chi connectivity index (χ1) is 13.2. The van der Waals surface area contributed by atoms with Gasteiger partial charge in [-0.15, -0.1) is 21.5 Å². The average molecular weight is 380 g/mol. The molecule has 4 aromatic rings. The second-order valence-electron chi connectivity index (χ2n) is 6.46. The van der Waals surface area contributed by atoms with E-state index in [0.717, 1.165) is 39.8 Å². The number of rotatable bonds is 3. The van der Waals surface area contributed by atoms with Crippen LogP contribution in [-0.4, -0.2) is 47.0 Å². The Morgan fingerprint density at radius 3 is 3.04 bits per heavy atom. The summed E-state index contributed by atoms with van der Waals surface area (Å²) in [6.07, 6.45) is 2.38. The van der Waals surface area contributed by atoms with Crippen molar-refractivity contribution in [2.75, 3.05) is 6.61 Å². The fraction of sp³-hybridized carbons (Fsp3) is 0.294. The smallest absolute Gasteiger partial charge is 0.204 e. The third kappa shape index (κ3) is 2.69. The Morgan fingerprint density at radius 2 is 2.22 bits per heavy atom. The van der Waals surface area contributed by atoms with E-state index in [-0.39, 0.29) is 6.04 Å². The summed E-state index contributed by atoms with van der Waals surface area (Å²) in [7, 11) is 0. The molecular weight excluding hydrogens is 364 g/mol. The number of ether oxygens (including phenoxy) is 1. The van der Waals surface area contributed by atoms with Crippen LogP contribution in [0.25, 0.3) is 33.5 Å². The molecule has 1 N–H and O–H groups in total. The largest absolute Gasteiger partial charge is 0.492 e. The van der Waals surface area contributed by atoms with Gasteiger partial charge in [-0.3, -0.25) is 0 Å². The van der Waals surface area contributed by atoms with E-state index < -0.39 is 0 Å². The van der Waals surface area contributed by atoms with E-state index in [2.05, 4.69) is 44.6 Å². The Labute approximate surface area is 158 Å². The van der Waals surface area contributed by atoms with Crippen LogP contribution >= 0.6 is 11.3 Å². The molecule has 0 radical (unpaired) electrons. The summed E-state index contributed by atoms with van der Waals surface area (Å²) < 4.78 is 7.87. The fourth-order valence-corrected chi connectivity index (χ4v) is 4.17. The maximum atomic E-state index is 5.97. The highest BCUT2D eigenvalue weighted by Gasteiger charge is 2.24. The van der Waals surface area contributed by atoms with Gasteiger partial charge in [0.15, 0.2) is 10.8 Å². The normalized spacial score (nSPS) is 13.1. The van der Waals surface area contributed by atoms with Crippen LogP contribution in [0.15, 0.2) is 24.5 Å². The second-order valence-corrected chi connectivity index (χ2v) is 7.54. The van der Waals surface area contributed by atoms with E-state index >= 15 is 0 Å². The topological polar surface area (TPSA) is 107 Å². The SMILES string of the molecule is CC(C)n1ncnc1-c1nc2c(s1)CCOc1cc(-c3nn[nH]n3)ccc1-2. The van der Waals surface area contributed by atoms with Gasteiger partial charge in [-0.05, 0) is 31.2 Å². The molecule has 0 atom stereocenters. The third-order valence-electron chi connectivity index (χ3n) is 4.38. The van der Waals surface area contributed by atoms with E-state index in [4.69, 9.17) is 9.72 Å². The van der Waals surface area contributed by atoms with Crippen molar-refractivity contribution in [3.05, 3.63) is 29.4 Å². The first-order valence-corrected chi connectivity index (χ1v) is 9.43. The van der Waals surface area contributed by atoms with Crippen molar-refractivity contribution < 1.29 is 4.74 Å². The zero-order valence-electron chi connectivity index (χ0n) is 14.7. The zero-order chi connectivity index (χ0) is 18.4. The maximum Gasteiger partial charge on any atom is 0.204 e. The molecule has 0 aliphatic carbocycles. The summed E-state index contributed by atoms with van der Waals surface area (Å²) in [5, 5.41) is 19.4. The van der Waals surface area contributed by atoms with E-state index in [1.165, 1.54) is 4.88 Å². The maximum absolute atomic E-state index is 5.97. The van der Waals surface area contributed by atoms with Crippen LogP contribution in [0.2, 0.25) is 0 Å². The molecular formula is C17H16N8OS. The molecule has 27 heavy (non-hydrogen) atoms. The highest BCUT2D eigenvalue weighted by atomic mass is 32.1. The number of aromatic nitrogens is 8. The van der Waals surface area contributed by atoms with Gasteiger partial charge in [-0.1, -0.05) is 6.07 Å². The predicted molar refractivity (Wildman–Crippen MR) is 99.3 cm³/mol. The molecule has 0 fully saturated rings. The average Bonchev–Trinajstić information content (AvgIpc) is 3.40. The number of hydrogen-bond donors (Lipinski definition) is 1. The number of nitrogens with zero attached hydrogens (tertiary/aromatic N) is 7. The van der Waals surface area contributed by atoms with E-state index in [9.17, 15) is 0 Å². The van der Waals surface area contributed by atoms with Gasteiger partial charge in [-0.25, -0.2) is 14.6 Å². The second kappa shape index (κ2) is 6.23. The van der Waals surface area contributed by atoms with Crippen LogP contribution in [0.4, 0.5) is 0 Å². The van der Waals surface area contributed by atoms with Crippen LogP contribution in [0.5, 0.6) is 5.75 Å². The zero-order valence-corrected chi connectivity index (χ0v) is 15.6. The van der Waals surface area contributed by atoms with E-state index in [1.807, 2.05) is 22.9 Å². The van der Waals surface area contributed by atoms with Gasteiger partial charge < -0.3 is 4.74 Å². The Balaban J connectivity index is 1.61. The van der Waals surface area contributed by atoms with Crippen molar-refractivity contribution in [3.8, 4) is 39.2 Å². The van der Waals surface area contributed by atoms with Gasteiger partial charge in [0.25, 0.3) is 0 Å². The number of benzene rings is 1. The van der Waals surface area contributed by atoms with Crippen LogP contribution < -0.4 is 4.74 Å². The molecule has 1 aromatic carbocycles. The van der Waals surface area contributed by atoms with Crippen molar-refractivity contribution in [2.24, 2.45) is 0 Å². The van der Waals surface area contributed by atoms with Crippen LogP contribution in [0, 0.1) is 0 Å². The van der Waals surface area contributed by atoms with Crippen molar-refractivity contribution in [1.82, 2.24) is 40.4 Å². The summed E-state index contributed by atoms with van der Waals surface area (Å²) in [6, 6.07) is 6.12. The third-order valence-corrected chi connectivity index (χ3v) is 5.49. The lowest BCUT2D eigenvalue weighted by atomic mass is 10.1. The molecule has 3 aromatic heterocycles. The standard InChI is InChI=1S/C17H16N8OS/c1-9(2)25-16(18-8-19-25)17-20-14-11-4-3-10(15-21-23-24-22-15)7-12(11)26-6-5-13(14)27-17/h3-4,7-9H,5-6H2,1-2H3,(H,21,22,23,24). The predicted octanol–water partition coefficient (Wildman–Crippen LogP) is 2.76. The first-order valence-electron chi connectivity index (χ1n) is 8.61. The van der Waals surface area contributed by atoms with Gasteiger partial charge >= 0.3 is 0 Å². The number of nitrogens with one attached hydrogen (secondary N) is 1. The minimum absolute atomic E-state index is 0.222. The number of hydrogen-bond acceptors (Lipinski definition) is 8. The minimum atomic E-state index is 0.222. The van der Waals surface area contributed by atoms with E-state index in [1.54, 1.807) is 17.7 Å². The number of aromatic amines is 1. The molecule has 0 bridgehead atoms. The number of H-pyrrole nitrogens is 1. The molecule has 1 aliphatic rings. The molecule has 0 spiro atoms. The van der Waals surface area contributed by atoms with Crippen LogP contribution in [0.3, 0.4) is 0 Å². The number of tetrazole rings is 1. The summed E-state index contributed by atoms with van der Waals surface area (Å²) in [4.78, 5) is 10.5. The number of thiazole rings is 1. The number of fused-ring (bicyclic) bond motifs is 3. The van der Waals surface area contributed by atoms with Crippen LogP contribution in [-0.2, 0) is 6.42 Å². The van der Waals surface area contributed by atoms with Gasteiger partial charge in [0.1, 0.15) is 12.1 Å². The van der Waals surface area contributed by atoms with Gasteiger partial charge in [0.05, 0.1) is 12.3 Å². The summed E-state index contributed by atoms with van der Waals surface area (Å²) >= 11 is 1.65. The highest BCUT2D eigenvalue weighted by molar-refractivity contribution is 7.15. The Kier molecular flexibility index (Phi) is 3.71. The lowest BCUT2D eigenvalue weighted by molar-refractivity contribution is 0.327. The summed E-state index contributed by atoms with van der Waals surface area (Å²) in [6.45, 7) is 4.76. The van der Waals surface area contributed by atoms with Gasteiger partial charge in [-0.2, -0.15) is 10.3 Å². The van der Waals surface area contributed by atoms with Crippen molar-refractivity contribution in [3.63, 3.8) is 0 Å².